The number of thioether (sulfide) groups is 1. The van der Waals surface area contributed by atoms with Gasteiger partial charge in [-0.15, -0.1) is 34.3 Å². The van der Waals surface area contributed by atoms with Crippen LogP contribution in [0.5, 0.6) is 0 Å². The maximum Gasteiger partial charge on any atom is 0.0994 e. The number of alkyl halides is 1. The Hall–Kier alpha value is 0.620. The van der Waals surface area contributed by atoms with Crippen molar-refractivity contribution < 1.29 is 0 Å². The molecular weight excluding hydrogens is 347 g/mol. The summed E-state index contributed by atoms with van der Waals surface area (Å²) in [6.07, 6.45) is 1.16. The Morgan fingerprint density at radius 1 is 1.17 bits per heavy atom. The monoisotopic (exact) mass is 354 g/mol. The number of hydrogen-bond acceptors (Lipinski definition) is 3. The van der Waals surface area contributed by atoms with Crippen molar-refractivity contribution in [2.24, 2.45) is 0 Å². The number of aryl methyl sites for hydroxylation is 1. The molecule has 18 heavy (non-hydrogen) atoms. The van der Waals surface area contributed by atoms with Gasteiger partial charge in [-0.3, -0.25) is 0 Å². The lowest BCUT2D eigenvalue weighted by Crippen LogP contribution is -1.96. The topological polar surface area (TPSA) is 0 Å². The van der Waals surface area contributed by atoms with Crippen LogP contribution in [0.2, 0.25) is 8.67 Å². The first-order valence-corrected chi connectivity index (χ1v) is 9.41. The van der Waals surface area contributed by atoms with E-state index < -0.39 is 0 Å². The van der Waals surface area contributed by atoms with Gasteiger partial charge in [0, 0.05) is 21.1 Å². The standard InChI is InChI=1S/C12H9Cl3S3/c13-10-4-7(12(15)18-10)11(14)9-3-6-5-16-2-1-8(6)17-9/h3-4,11H,1-2,5H2. The van der Waals surface area contributed by atoms with Gasteiger partial charge in [0.25, 0.3) is 0 Å². The van der Waals surface area contributed by atoms with Crippen molar-refractivity contribution >= 4 is 69.2 Å². The van der Waals surface area contributed by atoms with Crippen LogP contribution in [0, 0.1) is 0 Å². The second kappa shape index (κ2) is 5.55. The molecule has 1 atom stereocenters. The summed E-state index contributed by atoms with van der Waals surface area (Å²) in [5.41, 5.74) is 2.37. The highest BCUT2D eigenvalue weighted by Crippen LogP contribution is 2.44. The molecule has 1 aliphatic rings. The molecule has 3 rings (SSSR count). The molecule has 0 amide bonds. The average molecular weight is 356 g/mol. The van der Waals surface area contributed by atoms with Crippen LogP contribution in [0.4, 0.5) is 0 Å². The molecule has 2 aromatic rings. The fourth-order valence-corrected chi connectivity index (χ4v) is 6.37. The first-order chi connectivity index (χ1) is 8.65. The highest BCUT2D eigenvalue weighted by Gasteiger charge is 2.22. The summed E-state index contributed by atoms with van der Waals surface area (Å²) in [5, 5.41) is -0.179. The Labute approximate surface area is 133 Å². The lowest BCUT2D eigenvalue weighted by Gasteiger charge is -2.08. The summed E-state index contributed by atoms with van der Waals surface area (Å²) >= 11 is 23.8. The fourth-order valence-electron chi connectivity index (χ4n) is 1.97. The quantitative estimate of drug-likeness (QED) is 0.575. The van der Waals surface area contributed by atoms with Crippen LogP contribution in [0.25, 0.3) is 0 Å². The fraction of sp³-hybridized carbons (Fsp3) is 0.333. The molecule has 0 bridgehead atoms. The van der Waals surface area contributed by atoms with E-state index in [-0.39, 0.29) is 5.38 Å². The SMILES string of the molecule is Clc1cc(C(Cl)c2cc3c(s2)CCSC3)c(Cl)s1. The molecule has 1 unspecified atom stereocenters. The van der Waals surface area contributed by atoms with Crippen LogP contribution < -0.4 is 0 Å². The molecule has 0 radical (unpaired) electrons. The highest BCUT2D eigenvalue weighted by molar-refractivity contribution is 7.98. The summed E-state index contributed by atoms with van der Waals surface area (Å²) in [4.78, 5) is 2.66. The molecular formula is C12H9Cl3S3. The third kappa shape index (κ3) is 2.58. The minimum absolute atomic E-state index is 0.179. The number of halogens is 3. The van der Waals surface area contributed by atoms with Crippen molar-refractivity contribution in [3.8, 4) is 0 Å². The molecule has 1 aliphatic heterocycles. The molecule has 6 heteroatoms. The maximum atomic E-state index is 6.54. The average Bonchev–Trinajstić information content (AvgIpc) is 2.91. The van der Waals surface area contributed by atoms with Gasteiger partial charge in [0.2, 0.25) is 0 Å². The highest BCUT2D eigenvalue weighted by atomic mass is 35.5. The Morgan fingerprint density at radius 2 is 2.00 bits per heavy atom. The summed E-state index contributed by atoms with van der Waals surface area (Å²) in [7, 11) is 0. The molecule has 0 N–H and O–H groups in total. The molecule has 96 valence electrons. The van der Waals surface area contributed by atoms with Gasteiger partial charge in [-0.25, -0.2) is 0 Å². The van der Waals surface area contributed by atoms with Crippen LogP contribution in [-0.2, 0) is 12.2 Å². The zero-order valence-corrected chi connectivity index (χ0v) is 13.9. The first kappa shape index (κ1) is 13.6. The van der Waals surface area contributed by atoms with Crippen LogP contribution in [0.15, 0.2) is 12.1 Å². The lowest BCUT2D eigenvalue weighted by molar-refractivity contribution is 1.13. The Bertz CT molecular complexity index is 550. The summed E-state index contributed by atoms with van der Waals surface area (Å²) < 4.78 is 1.39. The number of fused-ring (bicyclic) bond motifs is 1. The smallest absolute Gasteiger partial charge is 0.0994 e. The molecule has 3 heterocycles. The molecule has 0 fully saturated rings. The minimum Gasteiger partial charge on any atom is -0.157 e. The van der Waals surface area contributed by atoms with Gasteiger partial charge in [0.1, 0.15) is 0 Å². The van der Waals surface area contributed by atoms with Gasteiger partial charge in [0.05, 0.1) is 14.0 Å². The first-order valence-electron chi connectivity index (χ1n) is 5.43. The molecule has 2 aromatic heterocycles. The van der Waals surface area contributed by atoms with Crippen molar-refractivity contribution in [1.82, 2.24) is 0 Å². The van der Waals surface area contributed by atoms with E-state index in [1.165, 1.54) is 32.4 Å². The maximum absolute atomic E-state index is 6.54. The van der Waals surface area contributed by atoms with E-state index in [1.54, 1.807) is 0 Å². The molecule has 0 saturated carbocycles. The third-order valence-corrected chi connectivity index (χ3v) is 7.28. The van der Waals surface area contributed by atoms with Crippen LogP contribution in [-0.4, -0.2) is 5.75 Å². The van der Waals surface area contributed by atoms with E-state index in [2.05, 4.69) is 6.07 Å². The van der Waals surface area contributed by atoms with Crippen molar-refractivity contribution in [3.63, 3.8) is 0 Å². The van der Waals surface area contributed by atoms with Crippen molar-refractivity contribution in [1.29, 1.82) is 0 Å². The van der Waals surface area contributed by atoms with E-state index in [1.807, 2.05) is 29.2 Å². The van der Waals surface area contributed by atoms with Gasteiger partial charge >= 0.3 is 0 Å². The normalized spacial score (nSPS) is 16.6. The van der Waals surface area contributed by atoms with Crippen molar-refractivity contribution in [2.45, 2.75) is 17.6 Å². The summed E-state index contributed by atoms with van der Waals surface area (Å²) in [5.74, 6) is 2.32. The van der Waals surface area contributed by atoms with E-state index in [0.29, 0.717) is 8.67 Å². The van der Waals surface area contributed by atoms with Gasteiger partial charge in [-0.2, -0.15) is 11.8 Å². The van der Waals surface area contributed by atoms with Crippen LogP contribution in [0.3, 0.4) is 0 Å². The van der Waals surface area contributed by atoms with Crippen molar-refractivity contribution in [3.05, 3.63) is 41.7 Å². The van der Waals surface area contributed by atoms with Gasteiger partial charge in [-0.05, 0) is 29.9 Å². The molecule has 0 nitrogen and oxygen atoms in total. The van der Waals surface area contributed by atoms with Crippen molar-refractivity contribution in [2.75, 3.05) is 5.75 Å². The Morgan fingerprint density at radius 3 is 2.67 bits per heavy atom. The molecule has 0 aliphatic carbocycles. The second-order valence-corrected chi connectivity index (χ2v) is 9.04. The molecule has 0 aromatic carbocycles. The Kier molecular flexibility index (Phi) is 4.19. The van der Waals surface area contributed by atoms with Gasteiger partial charge in [-0.1, -0.05) is 23.2 Å². The van der Waals surface area contributed by atoms with E-state index in [0.717, 1.165) is 17.7 Å². The molecule has 0 saturated heterocycles. The zero-order valence-electron chi connectivity index (χ0n) is 9.21. The lowest BCUT2D eigenvalue weighted by atomic mass is 10.1. The predicted molar refractivity (Wildman–Crippen MR) is 86.2 cm³/mol. The van der Waals surface area contributed by atoms with Gasteiger partial charge < -0.3 is 0 Å². The van der Waals surface area contributed by atoms with Gasteiger partial charge in [0.15, 0.2) is 0 Å². The summed E-state index contributed by atoms with van der Waals surface area (Å²) in [6.45, 7) is 0. The summed E-state index contributed by atoms with van der Waals surface area (Å²) in [6, 6.07) is 4.10. The van der Waals surface area contributed by atoms with Crippen LogP contribution >= 0.6 is 69.2 Å². The van der Waals surface area contributed by atoms with E-state index >= 15 is 0 Å². The van der Waals surface area contributed by atoms with Crippen LogP contribution in [0.1, 0.15) is 26.3 Å². The third-order valence-electron chi connectivity index (χ3n) is 2.85. The molecule has 0 spiro atoms. The number of hydrogen-bond donors (Lipinski definition) is 0. The largest absolute Gasteiger partial charge is 0.157 e. The second-order valence-electron chi connectivity index (χ2n) is 4.04. The number of rotatable bonds is 2. The minimum atomic E-state index is -0.179. The predicted octanol–water partition coefficient (Wildman–Crippen LogP) is 6.23. The Balaban J connectivity index is 1.94. The zero-order chi connectivity index (χ0) is 12.7. The number of thiophene rings is 2. The van der Waals surface area contributed by atoms with E-state index in [4.69, 9.17) is 34.8 Å². The van der Waals surface area contributed by atoms with E-state index in [9.17, 15) is 0 Å².